The normalized spacial score (nSPS) is 22.3. The largest absolute Gasteiger partial charge is 0.375 e. The number of methoxy groups -OCH3 is 1. The van der Waals surface area contributed by atoms with Gasteiger partial charge in [0.25, 0.3) is 0 Å². The van der Waals surface area contributed by atoms with Crippen molar-refractivity contribution >= 4 is 5.91 Å². The van der Waals surface area contributed by atoms with Gasteiger partial charge in [-0.2, -0.15) is 0 Å². The average molecular weight is 185 g/mol. The van der Waals surface area contributed by atoms with Gasteiger partial charge in [0, 0.05) is 20.2 Å². The van der Waals surface area contributed by atoms with Gasteiger partial charge in [-0.1, -0.05) is 13.3 Å². The van der Waals surface area contributed by atoms with Crippen molar-refractivity contribution in [2.75, 3.05) is 26.8 Å². The zero-order valence-electron chi connectivity index (χ0n) is 8.58. The van der Waals surface area contributed by atoms with E-state index in [1.165, 1.54) is 19.3 Å². The lowest BCUT2D eigenvalue weighted by atomic mass is 10.0. The second-order valence-electron chi connectivity index (χ2n) is 3.72. The molecule has 0 saturated carbocycles. The summed E-state index contributed by atoms with van der Waals surface area (Å²) in [7, 11) is 1.57. The molecule has 0 aromatic carbocycles. The molecule has 1 atom stereocenters. The number of carbonyl (C=O) groups excluding carboxylic acids is 1. The van der Waals surface area contributed by atoms with Gasteiger partial charge < -0.3 is 9.64 Å². The van der Waals surface area contributed by atoms with Crippen LogP contribution < -0.4 is 0 Å². The summed E-state index contributed by atoms with van der Waals surface area (Å²) in [4.78, 5) is 13.3. The van der Waals surface area contributed by atoms with E-state index in [2.05, 4.69) is 6.92 Å². The Morgan fingerprint density at radius 2 is 2.38 bits per heavy atom. The number of nitrogens with zero attached hydrogens (tertiary/aromatic N) is 1. The summed E-state index contributed by atoms with van der Waals surface area (Å²) < 4.78 is 4.82. The third kappa shape index (κ3) is 2.99. The number of amides is 1. The fourth-order valence-corrected chi connectivity index (χ4v) is 1.92. The Morgan fingerprint density at radius 1 is 1.62 bits per heavy atom. The quantitative estimate of drug-likeness (QED) is 0.660. The van der Waals surface area contributed by atoms with Crippen LogP contribution in [-0.2, 0) is 9.53 Å². The van der Waals surface area contributed by atoms with Gasteiger partial charge in [-0.15, -0.1) is 0 Å². The smallest absolute Gasteiger partial charge is 0.248 e. The van der Waals surface area contributed by atoms with E-state index in [0.717, 1.165) is 19.0 Å². The van der Waals surface area contributed by atoms with Gasteiger partial charge in [0.2, 0.25) is 5.91 Å². The van der Waals surface area contributed by atoms with Crippen molar-refractivity contribution in [2.45, 2.75) is 26.2 Å². The SMILES string of the molecule is CCCC1CCN(C(=O)COC)C1. The molecule has 3 heteroatoms. The summed E-state index contributed by atoms with van der Waals surface area (Å²) in [6.07, 6.45) is 3.64. The predicted molar refractivity (Wildman–Crippen MR) is 51.5 cm³/mol. The van der Waals surface area contributed by atoms with Gasteiger partial charge in [-0.05, 0) is 18.8 Å². The topological polar surface area (TPSA) is 29.5 Å². The molecular formula is C10H19NO2. The summed E-state index contributed by atoms with van der Waals surface area (Å²) in [5, 5.41) is 0. The van der Waals surface area contributed by atoms with E-state index in [9.17, 15) is 4.79 Å². The van der Waals surface area contributed by atoms with E-state index in [4.69, 9.17) is 4.74 Å². The number of hydrogen-bond acceptors (Lipinski definition) is 2. The highest BCUT2D eigenvalue weighted by Gasteiger charge is 2.24. The third-order valence-electron chi connectivity index (χ3n) is 2.60. The molecule has 1 unspecified atom stereocenters. The number of likely N-dealkylation sites (tertiary alicyclic amines) is 1. The summed E-state index contributed by atoms with van der Waals surface area (Å²) in [5.41, 5.74) is 0. The molecule has 0 radical (unpaired) electrons. The fraction of sp³-hybridized carbons (Fsp3) is 0.900. The van der Waals surface area contributed by atoms with Crippen molar-refractivity contribution in [1.29, 1.82) is 0 Å². The Balaban J connectivity index is 2.27. The minimum Gasteiger partial charge on any atom is -0.375 e. The Hall–Kier alpha value is -0.570. The van der Waals surface area contributed by atoms with E-state index in [-0.39, 0.29) is 12.5 Å². The van der Waals surface area contributed by atoms with Crippen LogP contribution in [0.15, 0.2) is 0 Å². The predicted octanol–water partition coefficient (Wildman–Crippen LogP) is 1.28. The molecule has 0 bridgehead atoms. The molecule has 1 rings (SSSR count). The van der Waals surface area contributed by atoms with Crippen molar-refractivity contribution < 1.29 is 9.53 Å². The van der Waals surface area contributed by atoms with Gasteiger partial charge in [0.15, 0.2) is 0 Å². The molecule has 1 saturated heterocycles. The zero-order valence-corrected chi connectivity index (χ0v) is 8.58. The van der Waals surface area contributed by atoms with Crippen molar-refractivity contribution in [3.63, 3.8) is 0 Å². The van der Waals surface area contributed by atoms with Crippen LogP contribution in [0, 0.1) is 5.92 Å². The lowest BCUT2D eigenvalue weighted by Crippen LogP contribution is -2.31. The maximum atomic E-state index is 11.4. The number of carbonyl (C=O) groups is 1. The van der Waals surface area contributed by atoms with E-state index in [0.29, 0.717) is 0 Å². The summed E-state index contributed by atoms with van der Waals surface area (Å²) >= 11 is 0. The molecule has 0 N–H and O–H groups in total. The first-order chi connectivity index (χ1) is 6.27. The minimum absolute atomic E-state index is 0.140. The van der Waals surface area contributed by atoms with Crippen molar-refractivity contribution in [1.82, 2.24) is 4.90 Å². The van der Waals surface area contributed by atoms with Crippen molar-refractivity contribution in [3.8, 4) is 0 Å². The second-order valence-corrected chi connectivity index (χ2v) is 3.72. The molecule has 1 aliphatic heterocycles. The Labute approximate surface area is 80.1 Å². The first-order valence-corrected chi connectivity index (χ1v) is 5.04. The standard InChI is InChI=1S/C10H19NO2/c1-3-4-9-5-6-11(7-9)10(12)8-13-2/h9H,3-8H2,1-2H3. The van der Waals surface area contributed by atoms with Crippen LogP contribution in [0.25, 0.3) is 0 Å². The van der Waals surface area contributed by atoms with Crippen LogP contribution in [-0.4, -0.2) is 37.6 Å². The fourth-order valence-electron chi connectivity index (χ4n) is 1.92. The zero-order chi connectivity index (χ0) is 9.68. The summed E-state index contributed by atoms with van der Waals surface area (Å²) in [5.74, 6) is 0.868. The molecule has 0 aromatic heterocycles. The lowest BCUT2D eigenvalue weighted by molar-refractivity contribution is -0.134. The minimum atomic E-state index is 0.140. The maximum Gasteiger partial charge on any atom is 0.248 e. The van der Waals surface area contributed by atoms with Crippen LogP contribution in [0.2, 0.25) is 0 Å². The lowest BCUT2D eigenvalue weighted by Gasteiger charge is -2.15. The van der Waals surface area contributed by atoms with Crippen LogP contribution in [0.5, 0.6) is 0 Å². The molecule has 76 valence electrons. The van der Waals surface area contributed by atoms with Gasteiger partial charge in [-0.25, -0.2) is 0 Å². The molecule has 13 heavy (non-hydrogen) atoms. The van der Waals surface area contributed by atoms with Gasteiger partial charge in [0.05, 0.1) is 0 Å². The van der Waals surface area contributed by atoms with Crippen molar-refractivity contribution in [2.24, 2.45) is 5.92 Å². The first kappa shape index (κ1) is 10.5. The van der Waals surface area contributed by atoms with E-state index in [1.807, 2.05) is 4.90 Å². The monoisotopic (exact) mass is 185 g/mol. The van der Waals surface area contributed by atoms with Gasteiger partial charge in [-0.3, -0.25) is 4.79 Å². The third-order valence-corrected chi connectivity index (χ3v) is 2.60. The van der Waals surface area contributed by atoms with E-state index >= 15 is 0 Å². The molecular weight excluding hydrogens is 166 g/mol. The maximum absolute atomic E-state index is 11.4. The van der Waals surface area contributed by atoms with Crippen LogP contribution in [0.4, 0.5) is 0 Å². The molecule has 3 nitrogen and oxygen atoms in total. The van der Waals surface area contributed by atoms with Crippen molar-refractivity contribution in [3.05, 3.63) is 0 Å². The van der Waals surface area contributed by atoms with E-state index in [1.54, 1.807) is 7.11 Å². The molecule has 1 fully saturated rings. The van der Waals surface area contributed by atoms with Crippen LogP contribution in [0.1, 0.15) is 26.2 Å². The molecule has 0 aromatic rings. The Kier molecular flexibility index (Phi) is 4.22. The highest BCUT2D eigenvalue weighted by molar-refractivity contribution is 5.77. The number of rotatable bonds is 4. The molecule has 1 amide bonds. The van der Waals surface area contributed by atoms with Gasteiger partial charge in [0.1, 0.15) is 6.61 Å². The Bertz CT molecular complexity index is 170. The second kappa shape index (κ2) is 5.22. The Morgan fingerprint density at radius 3 is 3.00 bits per heavy atom. The number of ether oxygens (including phenoxy) is 1. The van der Waals surface area contributed by atoms with Crippen LogP contribution >= 0.6 is 0 Å². The van der Waals surface area contributed by atoms with Gasteiger partial charge >= 0.3 is 0 Å². The molecule has 1 heterocycles. The summed E-state index contributed by atoms with van der Waals surface area (Å²) in [6.45, 7) is 4.29. The summed E-state index contributed by atoms with van der Waals surface area (Å²) in [6, 6.07) is 0. The highest BCUT2D eigenvalue weighted by atomic mass is 16.5. The average Bonchev–Trinajstić information content (AvgIpc) is 2.54. The molecule has 0 aliphatic carbocycles. The number of hydrogen-bond donors (Lipinski definition) is 0. The van der Waals surface area contributed by atoms with E-state index < -0.39 is 0 Å². The molecule has 1 aliphatic rings. The van der Waals surface area contributed by atoms with Crippen LogP contribution in [0.3, 0.4) is 0 Å². The molecule has 0 spiro atoms. The highest BCUT2D eigenvalue weighted by Crippen LogP contribution is 2.20. The first-order valence-electron chi connectivity index (χ1n) is 5.04.